The maximum atomic E-state index is 11.1. The van der Waals surface area contributed by atoms with Crippen molar-refractivity contribution >= 4 is 51.2 Å². The SMILES string of the molecule is CCCCCC(CC)c1ccc(N2c3ccccc3C3(c4cc(-c5cc(C#N)cc(C#N)c5)ccc4-c4c3c3c(c5c4C4(c6cc(-c7cc(C#N)cc(C#N)c7)ccc6-5)c5ccccc5N(c5ccc(C(CC)CCCCC)cc5)c5ccccc54)C4(c5cc(-c6cc(C#N)cc(C#N)c6)ccc5-3)c3ccccc3N(c3ccc(C(CC)CCCCC)cc3)c3ccccc34)c3ccccc32)cc1. The minimum Gasteiger partial charge on any atom is -0.310 e. The van der Waals surface area contributed by atoms with Crippen molar-refractivity contribution < 1.29 is 0 Å². The van der Waals surface area contributed by atoms with Crippen LogP contribution in [0.25, 0.3) is 66.8 Å². The zero-order valence-corrected chi connectivity index (χ0v) is 79.0. The van der Waals surface area contributed by atoms with Crippen LogP contribution < -0.4 is 14.7 Å². The van der Waals surface area contributed by atoms with Crippen molar-refractivity contribution in [2.24, 2.45) is 0 Å². The molecule has 0 saturated carbocycles. The number of nitriles is 6. The van der Waals surface area contributed by atoms with E-state index in [1.54, 1.807) is 18.2 Å². The van der Waals surface area contributed by atoms with Gasteiger partial charge in [0, 0.05) is 17.1 Å². The molecular formula is C129H105N9. The second kappa shape index (κ2) is 35.6. The fourth-order valence-corrected chi connectivity index (χ4v) is 25.3. The Bertz CT molecular complexity index is 6900. The molecule has 9 heteroatoms. The summed E-state index contributed by atoms with van der Waals surface area (Å²) in [5.74, 6) is 1.20. The predicted octanol–water partition coefficient (Wildman–Crippen LogP) is 33.6. The van der Waals surface area contributed by atoms with E-state index in [-0.39, 0.29) is 0 Å². The van der Waals surface area contributed by atoms with Crippen LogP contribution in [0, 0.1) is 68.0 Å². The number of anilines is 9. The molecule has 22 rings (SSSR count). The average Bonchev–Trinajstić information content (AvgIpc) is 1.45. The molecule has 0 N–H and O–H groups in total. The number of hydrogen-bond donors (Lipinski definition) is 0. The zero-order valence-electron chi connectivity index (χ0n) is 79.0. The van der Waals surface area contributed by atoms with Crippen molar-refractivity contribution in [3.8, 4) is 103 Å². The lowest BCUT2D eigenvalue weighted by molar-refractivity contribution is 0.553. The molecule has 9 nitrogen and oxygen atoms in total. The molecule has 0 saturated heterocycles. The van der Waals surface area contributed by atoms with E-state index in [2.05, 4.69) is 366 Å². The summed E-state index contributed by atoms with van der Waals surface area (Å²) in [5.41, 5.74) is 35.1. The third kappa shape index (κ3) is 13.4. The van der Waals surface area contributed by atoms with Gasteiger partial charge >= 0.3 is 0 Å². The van der Waals surface area contributed by atoms with Crippen LogP contribution in [-0.4, -0.2) is 0 Å². The molecule has 0 fully saturated rings. The van der Waals surface area contributed by atoms with Gasteiger partial charge in [-0.2, -0.15) is 31.6 Å². The highest BCUT2D eigenvalue weighted by Crippen LogP contribution is 2.78. The van der Waals surface area contributed by atoms with Crippen molar-refractivity contribution in [3.05, 3.63) is 444 Å². The van der Waals surface area contributed by atoms with Crippen LogP contribution in [0.3, 0.4) is 0 Å². The van der Waals surface area contributed by atoms with Crippen molar-refractivity contribution in [1.82, 2.24) is 0 Å². The molecule has 0 aromatic heterocycles. The number of benzene rings is 16. The zero-order chi connectivity index (χ0) is 94.2. The first-order valence-corrected chi connectivity index (χ1v) is 49.8. The lowest BCUT2D eigenvalue weighted by atomic mass is 9.58. The van der Waals surface area contributed by atoms with Crippen molar-refractivity contribution in [2.45, 2.75) is 172 Å². The van der Waals surface area contributed by atoms with E-state index < -0.39 is 16.2 Å². The van der Waals surface area contributed by atoms with Crippen LogP contribution in [0.1, 0.15) is 272 Å². The van der Waals surface area contributed by atoms with Gasteiger partial charge in [0.1, 0.15) is 0 Å². The van der Waals surface area contributed by atoms with Crippen LogP contribution in [0.5, 0.6) is 0 Å². The van der Waals surface area contributed by atoms with Crippen LogP contribution in [-0.2, 0) is 16.2 Å². The van der Waals surface area contributed by atoms with E-state index in [0.29, 0.717) is 51.1 Å². The molecule has 666 valence electrons. The van der Waals surface area contributed by atoms with Crippen molar-refractivity contribution in [2.75, 3.05) is 14.7 Å². The normalized spacial score (nSPS) is 14.3. The van der Waals surface area contributed by atoms with E-state index >= 15 is 0 Å². The Kier molecular flexibility index (Phi) is 22.5. The standard InChI is InChI=1S/C129H105N9/c1-7-13-16-31-88(10-4)91-46-55-100(56-47-91)136-115-40-25-19-34-106(115)127(107-35-20-26-41-116(107)136)112-73-94(97-67-82(76-130)64-83(68-97)77-131)52-61-103(112)121-124(127)122-104-62-53-95(98-69-84(78-132)65-85(70-98)79-133)74-113(104)128(108-36-21-27-42-117(108)137(118-43-28-22-37-109(118)128)101-57-48-92(49-58-101)89(11-5)32-17-14-8-2)126(122)123-105-63-54-96(99-71-86(80-134)66-87(72-99)81-135)75-114(105)129(125(121)123)110-38-23-29-44-119(110)138(120-45-30-24-39-111(120)129)102-59-50-93(51-60-102)90(12-6)33-18-15-9-3/h19-30,34-75,88-90H,7-18,31-33H2,1-6H3. The first kappa shape index (κ1) is 87.2. The van der Waals surface area contributed by atoms with Gasteiger partial charge in [0.15, 0.2) is 0 Å². The fraction of sp³-hybridized carbons (Fsp3) is 0.209. The molecule has 3 spiro atoms. The monoisotopic (exact) mass is 1780 g/mol. The van der Waals surface area contributed by atoms with E-state index in [4.69, 9.17) is 0 Å². The van der Waals surface area contributed by atoms with Gasteiger partial charge in [-0.05, 0) is 352 Å². The molecule has 6 aliphatic rings. The Labute approximate surface area is 811 Å². The smallest absolute Gasteiger partial charge is 0.0992 e. The first-order valence-electron chi connectivity index (χ1n) is 49.8. The quantitative estimate of drug-likeness (QED) is 0.0538. The number of fused-ring (bicyclic) bond motifs is 30. The second-order valence-electron chi connectivity index (χ2n) is 38.5. The van der Waals surface area contributed by atoms with Gasteiger partial charge in [-0.25, -0.2) is 0 Å². The Balaban J connectivity index is 0.955. The van der Waals surface area contributed by atoms with Gasteiger partial charge in [-0.3, -0.25) is 0 Å². The molecule has 3 atom stereocenters. The summed E-state index contributed by atoms with van der Waals surface area (Å²) in [4.78, 5) is 7.54. The molecule has 3 unspecified atom stereocenters. The van der Waals surface area contributed by atoms with Crippen molar-refractivity contribution in [3.63, 3.8) is 0 Å². The molecule has 3 heterocycles. The summed E-state index contributed by atoms with van der Waals surface area (Å²) in [6, 6.07) is 136. The summed E-state index contributed by atoms with van der Waals surface area (Å²) in [6.07, 6.45) is 17.0. The number of para-hydroxylation sites is 6. The highest BCUT2D eigenvalue weighted by Gasteiger charge is 2.65. The number of hydrogen-bond acceptors (Lipinski definition) is 9. The van der Waals surface area contributed by atoms with Gasteiger partial charge in [0.25, 0.3) is 0 Å². The van der Waals surface area contributed by atoms with Gasteiger partial charge < -0.3 is 14.7 Å². The summed E-state index contributed by atoms with van der Waals surface area (Å²) < 4.78 is 0. The minimum atomic E-state index is -1.29. The van der Waals surface area contributed by atoms with Gasteiger partial charge in [0.2, 0.25) is 0 Å². The molecular weight excluding hydrogens is 1680 g/mol. The molecule has 138 heavy (non-hydrogen) atoms. The maximum Gasteiger partial charge on any atom is 0.0992 e. The third-order valence-electron chi connectivity index (χ3n) is 31.4. The number of rotatable bonds is 24. The number of unbranched alkanes of at least 4 members (excludes halogenated alkanes) is 6. The highest BCUT2D eigenvalue weighted by molar-refractivity contribution is 6.14. The molecule has 3 aliphatic heterocycles. The molecule has 0 amide bonds. The second-order valence-corrected chi connectivity index (χ2v) is 38.5. The van der Waals surface area contributed by atoms with Gasteiger partial charge in [-0.15, -0.1) is 0 Å². The topological polar surface area (TPSA) is 152 Å². The Morgan fingerprint density at radius 2 is 0.442 bits per heavy atom. The van der Waals surface area contributed by atoms with E-state index in [9.17, 15) is 31.6 Å². The summed E-state index contributed by atoms with van der Waals surface area (Å²) in [5, 5.41) is 66.5. The first-order chi connectivity index (χ1) is 67.9. The maximum absolute atomic E-state index is 11.1. The van der Waals surface area contributed by atoms with E-state index in [1.807, 2.05) is 36.4 Å². The minimum absolute atomic E-state index is 0.380. The Morgan fingerprint density at radius 3 is 0.645 bits per heavy atom. The summed E-state index contributed by atoms with van der Waals surface area (Å²) in [7, 11) is 0. The largest absolute Gasteiger partial charge is 0.310 e. The lowest BCUT2D eigenvalue weighted by Gasteiger charge is -2.48. The number of nitrogens with zero attached hydrogens (tertiary/aromatic N) is 9. The Hall–Kier alpha value is -16.1. The molecule has 16 aromatic rings. The third-order valence-corrected chi connectivity index (χ3v) is 31.4. The lowest BCUT2D eigenvalue weighted by Crippen LogP contribution is -2.39. The molecule has 16 aromatic carbocycles. The van der Waals surface area contributed by atoms with Crippen LogP contribution in [0.15, 0.2) is 328 Å². The average molecular weight is 1780 g/mol. The van der Waals surface area contributed by atoms with Gasteiger partial charge in [-0.1, -0.05) is 281 Å². The summed E-state index contributed by atoms with van der Waals surface area (Å²) in [6.45, 7) is 13.8. The van der Waals surface area contributed by atoms with Crippen LogP contribution >= 0.6 is 0 Å². The van der Waals surface area contributed by atoms with Crippen molar-refractivity contribution in [1.29, 1.82) is 31.6 Å². The highest BCUT2D eigenvalue weighted by atomic mass is 15.2. The van der Waals surface area contributed by atoms with Crippen LogP contribution in [0.4, 0.5) is 51.2 Å². The summed E-state index contributed by atoms with van der Waals surface area (Å²) >= 11 is 0. The molecule has 0 radical (unpaired) electrons. The van der Waals surface area contributed by atoms with Crippen LogP contribution in [0.2, 0.25) is 0 Å². The van der Waals surface area contributed by atoms with E-state index in [1.165, 1.54) is 55.2 Å². The molecule has 3 aliphatic carbocycles. The predicted molar refractivity (Wildman–Crippen MR) is 559 cm³/mol. The van der Waals surface area contributed by atoms with E-state index in [0.717, 1.165) is 242 Å². The van der Waals surface area contributed by atoms with Gasteiger partial charge in [0.05, 0.1) is 120 Å². The molecule has 0 bridgehead atoms. The Morgan fingerprint density at radius 1 is 0.225 bits per heavy atom. The fourth-order valence-electron chi connectivity index (χ4n) is 25.3.